The molecule has 1 fully saturated rings. The first-order valence-electron chi connectivity index (χ1n) is 9.53. The maximum atomic E-state index is 10.1. The highest BCUT2D eigenvalue weighted by Gasteiger charge is 2.34. The average Bonchev–Trinajstić information content (AvgIpc) is 2.66. The van der Waals surface area contributed by atoms with E-state index < -0.39 is 0 Å². The van der Waals surface area contributed by atoms with Crippen molar-refractivity contribution in [3.63, 3.8) is 0 Å². The Kier molecular flexibility index (Phi) is 5.77. The lowest BCUT2D eigenvalue weighted by atomic mass is 9.75. The molecule has 0 bridgehead atoms. The summed E-state index contributed by atoms with van der Waals surface area (Å²) in [4.78, 5) is 11.0. The van der Waals surface area contributed by atoms with Gasteiger partial charge >= 0.3 is 0 Å². The van der Waals surface area contributed by atoms with Gasteiger partial charge in [-0.15, -0.1) is 0 Å². The lowest BCUT2D eigenvalue weighted by Crippen LogP contribution is -2.43. The predicted molar refractivity (Wildman–Crippen MR) is 106 cm³/mol. The van der Waals surface area contributed by atoms with E-state index in [1.807, 2.05) is 6.92 Å². The predicted octanol–water partition coefficient (Wildman–Crippen LogP) is 3.28. The second-order valence-corrected chi connectivity index (χ2v) is 7.60. The van der Waals surface area contributed by atoms with Crippen LogP contribution in [-0.4, -0.2) is 34.8 Å². The molecule has 0 spiro atoms. The number of hydrogen-bond acceptors (Lipinski definition) is 5. The van der Waals surface area contributed by atoms with E-state index in [9.17, 15) is 5.11 Å². The largest absolute Gasteiger partial charge is 0.396 e. The van der Waals surface area contributed by atoms with Crippen LogP contribution in [-0.2, 0) is 6.42 Å². The fourth-order valence-electron chi connectivity index (χ4n) is 3.93. The molecule has 0 unspecified atom stereocenters. The molecule has 1 aliphatic rings. The number of nitrogen functional groups attached to an aromatic ring is 1. The molecule has 5 heteroatoms. The van der Waals surface area contributed by atoms with Gasteiger partial charge in [0.2, 0.25) is 5.95 Å². The van der Waals surface area contributed by atoms with Crippen LogP contribution in [0.2, 0.25) is 0 Å². The molecule has 2 aromatic rings. The summed E-state index contributed by atoms with van der Waals surface area (Å²) in [6.45, 7) is 6.10. The molecule has 140 valence electrons. The van der Waals surface area contributed by atoms with E-state index in [1.165, 1.54) is 5.56 Å². The molecule has 0 radical (unpaired) electrons. The molecule has 3 N–H and O–H groups in total. The Hall–Kier alpha value is -2.14. The Morgan fingerprint density at radius 2 is 1.81 bits per heavy atom. The first-order valence-corrected chi connectivity index (χ1v) is 9.53. The summed E-state index contributed by atoms with van der Waals surface area (Å²) in [7, 11) is 0. The summed E-state index contributed by atoms with van der Waals surface area (Å²) >= 11 is 0. The molecule has 0 amide bonds. The van der Waals surface area contributed by atoms with Crippen LogP contribution in [0, 0.1) is 19.3 Å². The third-order valence-corrected chi connectivity index (χ3v) is 5.86. The van der Waals surface area contributed by atoms with Gasteiger partial charge in [-0.05, 0) is 56.9 Å². The Morgan fingerprint density at radius 1 is 1.12 bits per heavy atom. The van der Waals surface area contributed by atoms with Crippen LogP contribution in [0.1, 0.15) is 42.5 Å². The van der Waals surface area contributed by atoms with Crippen LogP contribution in [0.4, 0.5) is 11.8 Å². The second-order valence-electron chi connectivity index (χ2n) is 7.60. The first-order chi connectivity index (χ1) is 12.5. The normalized spacial score (nSPS) is 16.7. The van der Waals surface area contributed by atoms with Crippen molar-refractivity contribution in [3.8, 4) is 0 Å². The van der Waals surface area contributed by atoms with Crippen molar-refractivity contribution in [2.75, 3.05) is 30.3 Å². The standard InChI is InChI=1S/C21H30N4O/c1-16-17(2)23-20(22)24-19(16)25-13-11-21(15-26,12-14-25)10-6-9-18-7-4-3-5-8-18/h3-5,7-8,26H,6,9-15H2,1-2H3,(H2,22,23,24). The fourth-order valence-corrected chi connectivity index (χ4v) is 3.93. The van der Waals surface area contributed by atoms with E-state index in [2.05, 4.69) is 52.1 Å². The van der Waals surface area contributed by atoms with Gasteiger partial charge in [-0.3, -0.25) is 0 Å². The van der Waals surface area contributed by atoms with Gasteiger partial charge in [-0.1, -0.05) is 30.3 Å². The highest BCUT2D eigenvalue weighted by molar-refractivity contribution is 5.51. The first kappa shape index (κ1) is 18.6. The number of nitrogens with two attached hydrogens (primary N) is 1. The Bertz CT molecular complexity index is 724. The van der Waals surface area contributed by atoms with Gasteiger partial charge in [0.15, 0.2) is 0 Å². The number of anilines is 2. The molecule has 3 rings (SSSR count). The quantitative estimate of drug-likeness (QED) is 0.833. The third kappa shape index (κ3) is 4.15. The maximum absolute atomic E-state index is 10.1. The van der Waals surface area contributed by atoms with E-state index in [1.54, 1.807) is 0 Å². The Morgan fingerprint density at radius 3 is 2.46 bits per heavy atom. The second kappa shape index (κ2) is 8.04. The number of nitrogens with zero attached hydrogens (tertiary/aromatic N) is 3. The summed E-state index contributed by atoms with van der Waals surface area (Å²) in [5.41, 5.74) is 9.29. The summed E-state index contributed by atoms with van der Waals surface area (Å²) < 4.78 is 0. The molecule has 1 saturated heterocycles. The number of aliphatic hydroxyl groups is 1. The fraction of sp³-hybridized carbons (Fsp3) is 0.524. The minimum absolute atomic E-state index is 0.0345. The van der Waals surface area contributed by atoms with E-state index >= 15 is 0 Å². The van der Waals surface area contributed by atoms with Crippen LogP contribution in [0.25, 0.3) is 0 Å². The van der Waals surface area contributed by atoms with Crippen LogP contribution >= 0.6 is 0 Å². The minimum atomic E-state index is 0.0345. The molecule has 1 aliphatic heterocycles. The summed E-state index contributed by atoms with van der Waals surface area (Å²) in [6, 6.07) is 10.6. The number of aliphatic hydroxyl groups excluding tert-OH is 1. The highest BCUT2D eigenvalue weighted by Crippen LogP contribution is 2.38. The molecule has 0 aliphatic carbocycles. The van der Waals surface area contributed by atoms with Gasteiger partial charge < -0.3 is 15.7 Å². The van der Waals surface area contributed by atoms with Crippen molar-refractivity contribution in [3.05, 3.63) is 47.2 Å². The zero-order valence-corrected chi connectivity index (χ0v) is 15.9. The van der Waals surface area contributed by atoms with E-state index in [0.717, 1.165) is 62.3 Å². The van der Waals surface area contributed by atoms with Crippen molar-refractivity contribution in [2.24, 2.45) is 5.41 Å². The molecule has 1 aromatic carbocycles. The monoisotopic (exact) mass is 354 g/mol. The number of piperidine rings is 1. The van der Waals surface area contributed by atoms with Crippen molar-refractivity contribution in [2.45, 2.75) is 46.0 Å². The molecule has 5 nitrogen and oxygen atoms in total. The van der Waals surface area contributed by atoms with Gasteiger partial charge in [0.25, 0.3) is 0 Å². The Labute approximate surface area is 156 Å². The summed E-state index contributed by atoms with van der Waals surface area (Å²) in [6.07, 6.45) is 5.23. The SMILES string of the molecule is Cc1nc(N)nc(N2CCC(CO)(CCCc3ccccc3)CC2)c1C. The lowest BCUT2D eigenvalue weighted by molar-refractivity contribution is 0.0848. The number of rotatable bonds is 6. The summed E-state index contributed by atoms with van der Waals surface area (Å²) in [5, 5.41) is 10.1. The minimum Gasteiger partial charge on any atom is -0.396 e. The smallest absolute Gasteiger partial charge is 0.222 e. The van der Waals surface area contributed by atoms with Gasteiger partial charge in [0.05, 0.1) is 0 Å². The molecule has 26 heavy (non-hydrogen) atoms. The number of hydrogen-bond donors (Lipinski definition) is 2. The van der Waals surface area contributed by atoms with E-state index in [-0.39, 0.29) is 12.0 Å². The van der Waals surface area contributed by atoms with Crippen molar-refractivity contribution in [1.29, 1.82) is 0 Å². The number of aryl methyl sites for hydroxylation is 2. The molecular weight excluding hydrogens is 324 g/mol. The maximum Gasteiger partial charge on any atom is 0.222 e. The van der Waals surface area contributed by atoms with E-state index in [0.29, 0.717) is 5.95 Å². The zero-order chi connectivity index (χ0) is 18.6. The topological polar surface area (TPSA) is 75.3 Å². The third-order valence-electron chi connectivity index (χ3n) is 5.86. The number of aromatic nitrogens is 2. The van der Waals surface area contributed by atoms with Crippen LogP contribution in [0.3, 0.4) is 0 Å². The average molecular weight is 354 g/mol. The van der Waals surface area contributed by atoms with Crippen molar-refractivity contribution >= 4 is 11.8 Å². The van der Waals surface area contributed by atoms with Crippen molar-refractivity contribution in [1.82, 2.24) is 9.97 Å². The van der Waals surface area contributed by atoms with Gasteiger partial charge in [-0.2, -0.15) is 4.98 Å². The van der Waals surface area contributed by atoms with Gasteiger partial charge in [-0.25, -0.2) is 4.98 Å². The Balaban J connectivity index is 1.60. The summed E-state index contributed by atoms with van der Waals surface area (Å²) in [5.74, 6) is 1.29. The van der Waals surface area contributed by atoms with Crippen molar-refractivity contribution < 1.29 is 5.11 Å². The molecule has 0 atom stereocenters. The van der Waals surface area contributed by atoms with E-state index in [4.69, 9.17) is 5.73 Å². The van der Waals surface area contributed by atoms with Crippen LogP contribution < -0.4 is 10.6 Å². The van der Waals surface area contributed by atoms with Crippen LogP contribution in [0.15, 0.2) is 30.3 Å². The zero-order valence-electron chi connectivity index (χ0n) is 15.9. The molecule has 2 heterocycles. The van der Waals surface area contributed by atoms with Gasteiger partial charge in [0, 0.05) is 31.0 Å². The molecular formula is C21H30N4O. The van der Waals surface area contributed by atoms with Crippen LogP contribution in [0.5, 0.6) is 0 Å². The lowest BCUT2D eigenvalue weighted by Gasteiger charge is -2.42. The molecule has 0 saturated carbocycles. The van der Waals surface area contributed by atoms with Gasteiger partial charge in [0.1, 0.15) is 5.82 Å². The number of benzene rings is 1. The highest BCUT2D eigenvalue weighted by atomic mass is 16.3. The molecule has 1 aromatic heterocycles.